The zero-order valence-corrected chi connectivity index (χ0v) is 14.8. The molecule has 0 aliphatic carbocycles. The summed E-state index contributed by atoms with van der Waals surface area (Å²) in [6, 6.07) is 12.0. The lowest BCUT2D eigenvalue weighted by Crippen LogP contribution is -2.04. The van der Waals surface area contributed by atoms with E-state index >= 15 is 0 Å². The van der Waals surface area contributed by atoms with Crippen LogP contribution in [-0.2, 0) is 13.0 Å². The second-order valence-corrected chi connectivity index (χ2v) is 6.23. The minimum absolute atomic E-state index is 0.532. The van der Waals surface area contributed by atoms with E-state index in [0.717, 1.165) is 40.6 Å². The van der Waals surface area contributed by atoms with Crippen molar-refractivity contribution in [2.24, 2.45) is 0 Å². The molecule has 0 unspecified atom stereocenters. The Morgan fingerprint density at radius 3 is 2.85 bits per heavy atom. The van der Waals surface area contributed by atoms with Crippen LogP contribution in [0.4, 0.5) is 5.82 Å². The summed E-state index contributed by atoms with van der Waals surface area (Å²) in [6.45, 7) is 4.67. The summed E-state index contributed by atoms with van der Waals surface area (Å²) in [6.07, 6.45) is 3.38. The molecular weight excluding hydrogens is 328 g/mol. The molecule has 26 heavy (non-hydrogen) atoms. The number of aryl methyl sites for hydroxylation is 2. The molecule has 132 valence electrons. The van der Waals surface area contributed by atoms with E-state index in [1.807, 2.05) is 24.3 Å². The van der Waals surface area contributed by atoms with Gasteiger partial charge in [-0.1, -0.05) is 30.3 Å². The van der Waals surface area contributed by atoms with Gasteiger partial charge in [0.05, 0.1) is 23.9 Å². The first-order chi connectivity index (χ1) is 12.7. The minimum atomic E-state index is 0.532. The molecule has 0 atom stereocenters. The summed E-state index contributed by atoms with van der Waals surface area (Å²) >= 11 is 0. The van der Waals surface area contributed by atoms with Crippen molar-refractivity contribution >= 4 is 16.7 Å². The highest BCUT2D eigenvalue weighted by Crippen LogP contribution is 2.30. The van der Waals surface area contributed by atoms with Gasteiger partial charge < -0.3 is 14.3 Å². The van der Waals surface area contributed by atoms with Gasteiger partial charge in [-0.05, 0) is 37.1 Å². The van der Waals surface area contributed by atoms with Crippen molar-refractivity contribution in [3.05, 3.63) is 59.9 Å². The Hall–Kier alpha value is -3.15. The van der Waals surface area contributed by atoms with Crippen LogP contribution >= 0.6 is 0 Å². The summed E-state index contributed by atoms with van der Waals surface area (Å²) in [4.78, 5) is 9.36. The number of para-hydroxylation sites is 1. The molecule has 0 amide bonds. The van der Waals surface area contributed by atoms with Crippen molar-refractivity contribution in [2.45, 2.75) is 33.2 Å². The zero-order chi connectivity index (χ0) is 17.9. The maximum absolute atomic E-state index is 5.41. The number of pyridine rings is 1. The van der Waals surface area contributed by atoms with E-state index in [9.17, 15) is 0 Å². The van der Waals surface area contributed by atoms with Gasteiger partial charge >= 0.3 is 0 Å². The van der Waals surface area contributed by atoms with Gasteiger partial charge in [0.15, 0.2) is 0 Å². The fraction of sp³-hybridized carbons (Fsp3) is 0.250. The minimum Gasteiger partial charge on any atom is -0.467 e. The van der Waals surface area contributed by atoms with E-state index in [1.165, 1.54) is 0 Å². The Balaban J connectivity index is 1.78. The first kappa shape index (κ1) is 16.3. The lowest BCUT2D eigenvalue weighted by atomic mass is 10.1. The second kappa shape index (κ2) is 7.00. The van der Waals surface area contributed by atoms with Crippen molar-refractivity contribution in [3.8, 4) is 11.4 Å². The lowest BCUT2D eigenvalue weighted by molar-refractivity contribution is 0.378. The zero-order valence-electron chi connectivity index (χ0n) is 14.8. The second-order valence-electron chi connectivity index (χ2n) is 6.23. The first-order valence-corrected chi connectivity index (χ1v) is 8.74. The van der Waals surface area contributed by atoms with Gasteiger partial charge in [0.25, 0.3) is 0 Å². The van der Waals surface area contributed by atoms with Gasteiger partial charge in [-0.3, -0.25) is 0 Å². The predicted molar refractivity (Wildman–Crippen MR) is 99.8 cm³/mol. The molecule has 0 saturated heterocycles. The Morgan fingerprint density at radius 2 is 2.04 bits per heavy atom. The molecular formula is C20H20N4O2. The Labute approximate surface area is 151 Å². The molecule has 6 heteroatoms. The highest BCUT2D eigenvalue weighted by molar-refractivity contribution is 5.89. The molecule has 0 aliphatic heterocycles. The summed E-state index contributed by atoms with van der Waals surface area (Å²) in [5, 5.41) is 8.55. The van der Waals surface area contributed by atoms with Crippen molar-refractivity contribution in [3.63, 3.8) is 0 Å². The van der Waals surface area contributed by atoms with Gasteiger partial charge in [-0.2, -0.15) is 4.98 Å². The van der Waals surface area contributed by atoms with Crippen molar-refractivity contribution in [1.29, 1.82) is 0 Å². The lowest BCUT2D eigenvalue weighted by Gasteiger charge is -2.11. The maximum Gasteiger partial charge on any atom is 0.226 e. The monoisotopic (exact) mass is 348 g/mol. The third kappa shape index (κ3) is 3.18. The molecule has 0 saturated carbocycles. The number of fused-ring (bicyclic) bond motifs is 1. The smallest absolute Gasteiger partial charge is 0.226 e. The maximum atomic E-state index is 5.41. The molecule has 0 radical (unpaired) electrons. The third-order valence-corrected chi connectivity index (χ3v) is 4.23. The number of aromatic nitrogens is 3. The van der Waals surface area contributed by atoms with Crippen LogP contribution in [0.2, 0.25) is 0 Å². The summed E-state index contributed by atoms with van der Waals surface area (Å²) in [5.41, 5.74) is 2.89. The molecule has 0 bridgehead atoms. The fourth-order valence-electron chi connectivity index (χ4n) is 2.92. The number of rotatable bonds is 6. The van der Waals surface area contributed by atoms with E-state index < -0.39 is 0 Å². The molecule has 1 N–H and O–H groups in total. The van der Waals surface area contributed by atoms with Crippen LogP contribution in [0.5, 0.6) is 0 Å². The SMILES string of the molecule is CCCc1nc(-c2cc3cccc(C)c3nc2NCc2ccco2)no1. The molecule has 0 spiro atoms. The molecule has 4 rings (SSSR count). The summed E-state index contributed by atoms with van der Waals surface area (Å²) in [5.74, 6) is 2.74. The number of nitrogens with zero attached hydrogens (tertiary/aromatic N) is 3. The van der Waals surface area contributed by atoms with Crippen LogP contribution in [-0.4, -0.2) is 15.1 Å². The molecule has 0 fully saturated rings. The van der Waals surface area contributed by atoms with E-state index in [1.54, 1.807) is 6.26 Å². The van der Waals surface area contributed by atoms with Crippen LogP contribution in [0.1, 0.15) is 30.6 Å². The normalized spacial score (nSPS) is 11.2. The van der Waals surface area contributed by atoms with Gasteiger partial charge in [-0.15, -0.1) is 0 Å². The van der Waals surface area contributed by atoms with E-state index in [-0.39, 0.29) is 0 Å². The summed E-state index contributed by atoms with van der Waals surface area (Å²) in [7, 11) is 0. The van der Waals surface area contributed by atoms with Gasteiger partial charge in [0.1, 0.15) is 11.6 Å². The molecule has 6 nitrogen and oxygen atoms in total. The molecule has 1 aromatic carbocycles. The Morgan fingerprint density at radius 1 is 1.12 bits per heavy atom. The highest BCUT2D eigenvalue weighted by Gasteiger charge is 2.16. The molecule has 4 aromatic rings. The number of hydrogen-bond acceptors (Lipinski definition) is 6. The van der Waals surface area contributed by atoms with Crippen molar-refractivity contribution in [2.75, 3.05) is 5.32 Å². The highest BCUT2D eigenvalue weighted by atomic mass is 16.5. The van der Waals surface area contributed by atoms with Crippen LogP contribution in [0, 0.1) is 6.92 Å². The molecule has 0 aliphatic rings. The van der Waals surface area contributed by atoms with Crippen LogP contribution < -0.4 is 5.32 Å². The average molecular weight is 348 g/mol. The van der Waals surface area contributed by atoms with Crippen LogP contribution in [0.15, 0.2) is 51.6 Å². The number of anilines is 1. The Bertz CT molecular complexity index is 1020. The van der Waals surface area contributed by atoms with Gasteiger partial charge in [0.2, 0.25) is 11.7 Å². The first-order valence-electron chi connectivity index (χ1n) is 8.74. The topological polar surface area (TPSA) is 77.0 Å². The average Bonchev–Trinajstić information content (AvgIpc) is 3.32. The number of furan rings is 1. The van der Waals surface area contributed by atoms with Gasteiger partial charge in [0, 0.05) is 11.8 Å². The third-order valence-electron chi connectivity index (χ3n) is 4.23. The quantitative estimate of drug-likeness (QED) is 0.542. The number of benzene rings is 1. The largest absolute Gasteiger partial charge is 0.467 e. The van der Waals surface area contributed by atoms with Crippen molar-refractivity contribution in [1.82, 2.24) is 15.1 Å². The van der Waals surface area contributed by atoms with Crippen molar-refractivity contribution < 1.29 is 8.94 Å². The number of nitrogens with one attached hydrogen (secondary N) is 1. The standard InChI is InChI=1S/C20H20N4O2/c1-3-6-17-22-20(24-26-17)16-11-14-8-4-7-13(2)18(14)23-19(16)21-12-15-9-5-10-25-15/h4-5,7-11H,3,6,12H2,1-2H3,(H,21,23). The summed E-state index contributed by atoms with van der Waals surface area (Å²) < 4.78 is 10.8. The van der Waals surface area contributed by atoms with E-state index in [2.05, 4.69) is 41.4 Å². The van der Waals surface area contributed by atoms with Crippen LogP contribution in [0.25, 0.3) is 22.3 Å². The Kier molecular flexibility index (Phi) is 4.39. The predicted octanol–water partition coefficient (Wildman–Crippen LogP) is 4.75. The molecule has 3 heterocycles. The van der Waals surface area contributed by atoms with E-state index in [4.69, 9.17) is 13.9 Å². The number of hydrogen-bond donors (Lipinski definition) is 1. The van der Waals surface area contributed by atoms with Gasteiger partial charge in [-0.25, -0.2) is 4.98 Å². The van der Waals surface area contributed by atoms with Crippen LogP contribution in [0.3, 0.4) is 0 Å². The molecule has 3 aromatic heterocycles. The van der Waals surface area contributed by atoms with E-state index in [0.29, 0.717) is 24.1 Å². The fourth-order valence-corrected chi connectivity index (χ4v) is 2.92.